The van der Waals surface area contributed by atoms with Crippen molar-refractivity contribution in [3.8, 4) is 0 Å². The Hall–Kier alpha value is -0.490. The van der Waals surface area contributed by atoms with E-state index >= 15 is 0 Å². The van der Waals surface area contributed by atoms with E-state index in [-0.39, 0.29) is 12.1 Å². The molecule has 5 heteroatoms. The van der Waals surface area contributed by atoms with Gasteiger partial charge >= 0.3 is 0 Å². The first kappa shape index (κ1) is 13.6. The molecule has 0 aliphatic heterocycles. The van der Waals surface area contributed by atoms with Gasteiger partial charge in [0, 0.05) is 32.2 Å². The monoisotopic (exact) mass is 244 g/mol. The van der Waals surface area contributed by atoms with Crippen molar-refractivity contribution in [3.05, 3.63) is 16.1 Å². The Kier molecular flexibility index (Phi) is 5.90. The number of aromatic nitrogens is 1. The third kappa shape index (κ3) is 4.17. The summed E-state index contributed by atoms with van der Waals surface area (Å²) in [5, 5.41) is 6.58. The molecule has 0 radical (unpaired) electrons. The maximum absolute atomic E-state index is 5.28. The molecule has 1 aromatic rings. The van der Waals surface area contributed by atoms with Crippen LogP contribution < -0.4 is 5.32 Å². The van der Waals surface area contributed by atoms with E-state index < -0.39 is 0 Å². The molecular weight excluding hydrogens is 224 g/mol. The van der Waals surface area contributed by atoms with E-state index in [2.05, 4.69) is 22.6 Å². The van der Waals surface area contributed by atoms with Crippen LogP contribution in [0.3, 0.4) is 0 Å². The Balaban J connectivity index is 2.36. The van der Waals surface area contributed by atoms with Crippen LogP contribution in [0.15, 0.2) is 5.38 Å². The van der Waals surface area contributed by atoms with Gasteiger partial charge in [-0.3, -0.25) is 0 Å². The number of nitrogens with one attached hydrogen (secondary N) is 1. The number of methoxy groups -OCH3 is 2. The molecule has 92 valence electrons. The molecule has 4 nitrogen and oxygen atoms in total. The second kappa shape index (κ2) is 6.96. The van der Waals surface area contributed by atoms with Gasteiger partial charge in [-0.15, -0.1) is 11.3 Å². The van der Waals surface area contributed by atoms with Gasteiger partial charge in [-0.05, 0) is 13.8 Å². The van der Waals surface area contributed by atoms with Gasteiger partial charge in [0.15, 0.2) is 0 Å². The van der Waals surface area contributed by atoms with Crippen molar-refractivity contribution in [1.29, 1.82) is 0 Å². The van der Waals surface area contributed by atoms with E-state index in [0.717, 1.165) is 17.2 Å². The number of ether oxygens (including phenoxy) is 2. The quantitative estimate of drug-likeness (QED) is 0.794. The van der Waals surface area contributed by atoms with Crippen molar-refractivity contribution < 1.29 is 9.47 Å². The van der Waals surface area contributed by atoms with Gasteiger partial charge < -0.3 is 14.8 Å². The molecule has 2 unspecified atom stereocenters. The SMILES string of the molecule is COCC(CNC(C)c1csc(C)n1)OC. The van der Waals surface area contributed by atoms with Crippen LogP contribution >= 0.6 is 11.3 Å². The largest absolute Gasteiger partial charge is 0.382 e. The van der Waals surface area contributed by atoms with Gasteiger partial charge in [0.25, 0.3) is 0 Å². The minimum absolute atomic E-state index is 0.0900. The zero-order chi connectivity index (χ0) is 12.0. The zero-order valence-corrected chi connectivity index (χ0v) is 11.1. The normalized spacial score (nSPS) is 15.0. The molecule has 1 heterocycles. The van der Waals surface area contributed by atoms with Crippen LogP contribution in [0.4, 0.5) is 0 Å². The second-order valence-electron chi connectivity index (χ2n) is 3.73. The summed E-state index contributed by atoms with van der Waals surface area (Å²) < 4.78 is 10.3. The molecule has 1 rings (SSSR count). The topological polar surface area (TPSA) is 43.4 Å². The van der Waals surface area contributed by atoms with Gasteiger partial charge in [0.05, 0.1) is 23.4 Å². The molecule has 1 aromatic heterocycles. The zero-order valence-electron chi connectivity index (χ0n) is 10.3. The maximum Gasteiger partial charge on any atom is 0.0928 e. The molecule has 16 heavy (non-hydrogen) atoms. The standard InChI is InChI=1S/C11H20N2O2S/c1-8(11-7-16-9(2)13-11)12-5-10(15-4)6-14-3/h7-8,10,12H,5-6H2,1-4H3. The third-order valence-electron chi connectivity index (χ3n) is 2.42. The molecule has 0 aromatic carbocycles. The highest BCUT2D eigenvalue weighted by atomic mass is 32.1. The minimum atomic E-state index is 0.0900. The highest BCUT2D eigenvalue weighted by molar-refractivity contribution is 7.09. The lowest BCUT2D eigenvalue weighted by Gasteiger charge is -2.18. The van der Waals surface area contributed by atoms with Gasteiger partial charge in [0.1, 0.15) is 0 Å². The number of aryl methyl sites for hydroxylation is 1. The lowest BCUT2D eigenvalue weighted by Crippen LogP contribution is -2.33. The van der Waals surface area contributed by atoms with Crippen LogP contribution in [-0.2, 0) is 9.47 Å². The lowest BCUT2D eigenvalue weighted by molar-refractivity contribution is 0.0276. The average Bonchev–Trinajstić information content (AvgIpc) is 2.70. The fourth-order valence-corrected chi connectivity index (χ4v) is 2.09. The highest BCUT2D eigenvalue weighted by Gasteiger charge is 2.12. The van der Waals surface area contributed by atoms with Gasteiger partial charge in [-0.25, -0.2) is 4.98 Å². The van der Waals surface area contributed by atoms with Crippen molar-refractivity contribution in [2.75, 3.05) is 27.4 Å². The summed E-state index contributed by atoms with van der Waals surface area (Å²) in [4.78, 5) is 4.44. The van der Waals surface area contributed by atoms with Crippen LogP contribution in [-0.4, -0.2) is 38.5 Å². The molecule has 0 saturated carbocycles. The Morgan fingerprint density at radius 3 is 2.75 bits per heavy atom. The van der Waals surface area contributed by atoms with Crippen molar-refractivity contribution >= 4 is 11.3 Å². The van der Waals surface area contributed by atoms with Gasteiger partial charge in [-0.2, -0.15) is 0 Å². The first-order valence-corrected chi connectivity index (χ1v) is 6.22. The van der Waals surface area contributed by atoms with Crippen LogP contribution in [0.5, 0.6) is 0 Å². The minimum Gasteiger partial charge on any atom is -0.382 e. The molecule has 2 atom stereocenters. The molecule has 0 fully saturated rings. The van der Waals surface area contributed by atoms with E-state index in [4.69, 9.17) is 9.47 Å². The molecule has 1 N–H and O–H groups in total. The van der Waals surface area contributed by atoms with Crippen molar-refractivity contribution in [2.45, 2.75) is 26.0 Å². The van der Waals surface area contributed by atoms with E-state index in [9.17, 15) is 0 Å². The van der Waals surface area contributed by atoms with Crippen molar-refractivity contribution in [2.24, 2.45) is 0 Å². The smallest absolute Gasteiger partial charge is 0.0928 e. The molecule has 0 spiro atoms. The van der Waals surface area contributed by atoms with Crippen molar-refractivity contribution in [3.63, 3.8) is 0 Å². The third-order valence-corrected chi connectivity index (χ3v) is 3.21. The highest BCUT2D eigenvalue weighted by Crippen LogP contribution is 2.15. The number of nitrogens with zero attached hydrogens (tertiary/aromatic N) is 1. The second-order valence-corrected chi connectivity index (χ2v) is 4.80. The van der Waals surface area contributed by atoms with Gasteiger partial charge in [-0.1, -0.05) is 0 Å². The average molecular weight is 244 g/mol. The maximum atomic E-state index is 5.28. The summed E-state index contributed by atoms with van der Waals surface area (Å²) in [6, 6.07) is 0.249. The number of thiazole rings is 1. The van der Waals surface area contributed by atoms with E-state index in [1.54, 1.807) is 25.6 Å². The van der Waals surface area contributed by atoms with Gasteiger partial charge in [0.2, 0.25) is 0 Å². The Bertz CT molecular complexity index is 304. The van der Waals surface area contributed by atoms with E-state index in [1.807, 2.05) is 6.92 Å². The van der Waals surface area contributed by atoms with Crippen LogP contribution in [0.2, 0.25) is 0 Å². The molecule has 0 bridgehead atoms. The predicted octanol–water partition coefficient (Wildman–Crippen LogP) is 1.76. The molecule has 0 amide bonds. The molecule has 0 aliphatic carbocycles. The summed E-state index contributed by atoms with van der Waals surface area (Å²) in [5.41, 5.74) is 1.09. The molecule has 0 saturated heterocycles. The number of hydrogen-bond donors (Lipinski definition) is 1. The summed E-state index contributed by atoms with van der Waals surface area (Å²) >= 11 is 1.68. The van der Waals surface area contributed by atoms with Crippen LogP contribution in [0, 0.1) is 6.92 Å². The summed E-state index contributed by atoms with van der Waals surface area (Å²) in [7, 11) is 3.38. The fourth-order valence-electron chi connectivity index (χ4n) is 1.39. The summed E-state index contributed by atoms with van der Waals surface area (Å²) in [6.45, 7) is 5.49. The first-order chi connectivity index (χ1) is 7.67. The summed E-state index contributed by atoms with van der Waals surface area (Å²) in [6.07, 6.45) is 0.0900. The van der Waals surface area contributed by atoms with Crippen molar-refractivity contribution in [1.82, 2.24) is 10.3 Å². The Labute approximate surface area is 101 Å². The molecule has 0 aliphatic rings. The summed E-state index contributed by atoms with van der Waals surface area (Å²) in [5.74, 6) is 0. The molecular formula is C11H20N2O2S. The van der Waals surface area contributed by atoms with Crippen LogP contribution in [0.25, 0.3) is 0 Å². The lowest BCUT2D eigenvalue weighted by atomic mass is 10.2. The van der Waals surface area contributed by atoms with Crippen LogP contribution in [0.1, 0.15) is 23.7 Å². The number of hydrogen-bond acceptors (Lipinski definition) is 5. The first-order valence-electron chi connectivity index (χ1n) is 5.34. The Morgan fingerprint density at radius 1 is 1.50 bits per heavy atom. The fraction of sp³-hybridized carbons (Fsp3) is 0.727. The Morgan fingerprint density at radius 2 is 2.25 bits per heavy atom. The predicted molar refractivity (Wildman–Crippen MR) is 65.9 cm³/mol. The van der Waals surface area contributed by atoms with E-state index in [1.165, 1.54) is 0 Å². The van der Waals surface area contributed by atoms with E-state index in [0.29, 0.717) is 6.61 Å². The number of rotatable bonds is 7.